The number of rotatable bonds is 4. The lowest BCUT2D eigenvalue weighted by atomic mass is 10.1. The van der Waals surface area contributed by atoms with Crippen LogP contribution in [0.5, 0.6) is 0 Å². The van der Waals surface area contributed by atoms with Crippen LogP contribution in [0.25, 0.3) is 11.0 Å². The first kappa shape index (κ1) is 12.6. The van der Waals surface area contributed by atoms with Crippen LogP contribution in [0.2, 0.25) is 0 Å². The summed E-state index contributed by atoms with van der Waals surface area (Å²) in [5.74, 6) is 5.32. The van der Waals surface area contributed by atoms with Crippen molar-refractivity contribution in [3.05, 3.63) is 35.6 Å². The normalized spacial score (nSPS) is 11.1. The molecule has 1 aromatic carbocycles. The summed E-state index contributed by atoms with van der Waals surface area (Å²) in [7, 11) is 0. The van der Waals surface area contributed by atoms with Gasteiger partial charge in [0.2, 0.25) is 0 Å². The van der Waals surface area contributed by atoms with Crippen molar-refractivity contribution in [2.75, 3.05) is 0 Å². The molecule has 1 amide bonds. The van der Waals surface area contributed by atoms with Gasteiger partial charge in [-0.15, -0.1) is 0 Å². The second-order valence-electron chi connectivity index (χ2n) is 4.23. The van der Waals surface area contributed by atoms with E-state index in [1.54, 1.807) is 0 Å². The second kappa shape index (κ2) is 5.20. The summed E-state index contributed by atoms with van der Waals surface area (Å²) in [6, 6.07) is 7.32. The number of benzene rings is 1. The number of hydrogen-bond acceptors (Lipinski definition) is 4. The van der Waals surface area contributed by atoms with Gasteiger partial charge in [-0.1, -0.05) is 18.2 Å². The van der Waals surface area contributed by atoms with Crippen LogP contribution in [-0.4, -0.2) is 12.0 Å². The predicted molar refractivity (Wildman–Crippen MR) is 67.8 cm³/mol. The standard InChI is InChI=1S/C13H16N2O3/c1-8(2)17-7-11-12(13(16)15-14)9-5-3-4-6-10(9)18-11/h3-6,8H,7,14H2,1-2H3,(H,15,16). The van der Waals surface area contributed by atoms with Gasteiger partial charge in [0.1, 0.15) is 18.0 Å². The number of nitrogens with two attached hydrogens (primary N) is 1. The molecule has 0 aliphatic heterocycles. The van der Waals surface area contributed by atoms with Crippen LogP contribution in [0, 0.1) is 0 Å². The van der Waals surface area contributed by atoms with Crippen molar-refractivity contribution in [2.45, 2.75) is 26.6 Å². The van der Waals surface area contributed by atoms with E-state index in [1.807, 2.05) is 38.1 Å². The molecule has 3 N–H and O–H groups in total. The number of furan rings is 1. The quantitative estimate of drug-likeness (QED) is 0.492. The van der Waals surface area contributed by atoms with Crippen LogP contribution in [0.15, 0.2) is 28.7 Å². The molecule has 0 aliphatic rings. The second-order valence-corrected chi connectivity index (χ2v) is 4.23. The Morgan fingerprint density at radius 3 is 2.83 bits per heavy atom. The van der Waals surface area contributed by atoms with Gasteiger partial charge >= 0.3 is 0 Å². The van der Waals surface area contributed by atoms with E-state index in [1.165, 1.54) is 0 Å². The van der Waals surface area contributed by atoms with E-state index < -0.39 is 0 Å². The maximum atomic E-state index is 11.8. The van der Waals surface area contributed by atoms with E-state index in [2.05, 4.69) is 5.43 Å². The van der Waals surface area contributed by atoms with Gasteiger partial charge in [-0.2, -0.15) is 0 Å². The lowest BCUT2D eigenvalue weighted by Crippen LogP contribution is -2.30. The Bertz CT molecular complexity index is 560. The minimum Gasteiger partial charge on any atom is -0.458 e. The Labute approximate surface area is 105 Å². The molecule has 0 unspecified atom stereocenters. The number of carbonyl (C=O) groups is 1. The number of fused-ring (bicyclic) bond motifs is 1. The lowest BCUT2D eigenvalue weighted by molar-refractivity contribution is 0.0542. The Morgan fingerprint density at radius 2 is 2.17 bits per heavy atom. The van der Waals surface area contributed by atoms with Gasteiger partial charge in [-0.25, -0.2) is 5.84 Å². The van der Waals surface area contributed by atoms with Gasteiger partial charge in [0, 0.05) is 5.39 Å². The maximum Gasteiger partial charge on any atom is 0.269 e. The molecule has 0 fully saturated rings. The van der Waals surface area contributed by atoms with Gasteiger partial charge in [-0.05, 0) is 19.9 Å². The number of nitrogen functional groups attached to an aromatic ring is 1. The number of hydrazine groups is 1. The number of carbonyl (C=O) groups excluding carboxylic acids is 1. The highest BCUT2D eigenvalue weighted by Gasteiger charge is 2.20. The molecule has 0 bridgehead atoms. The Hall–Kier alpha value is -1.85. The molecule has 96 valence electrons. The average molecular weight is 248 g/mol. The highest BCUT2D eigenvalue weighted by molar-refractivity contribution is 6.06. The van der Waals surface area contributed by atoms with Crippen molar-refractivity contribution in [1.82, 2.24) is 5.43 Å². The predicted octanol–water partition coefficient (Wildman–Crippen LogP) is 1.96. The molecule has 2 rings (SSSR count). The number of amides is 1. The first-order chi connectivity index (χ1) is 8.63. The summed E-state index contributed by atoms with van der Waals surface area (Å²) in [5.41, 5.74) is 3.22. The number of para-hydroxylation sites is 1. The van der Waals surface area contributed by atoms with Crippen molar-refractivity contribution in [3.8, 4) is 0 Å². The van der Waals surface area contributed by atoms with Crippen molar-refractivity contribution in [1.29, 1.82) is 0 Å². The van der Waals surface area contributed by atoms with E-state index in [0.717, 1.165) is 5.39 Å². The molecular formula is C13H16N2O3. The molecule has 0 saturated heterocycles. The summed E-state index contributed by atoms with van der Waals surface area (Å²) >= 11 is 0. The smallest absolute Gasteiger partial charge is 0.269 e. The molecule has 1 aromatic heterocycles. The van der Waals surface area contributed by atoms with Crippen molar-refractivity contribution < 1.29 is 13.9 Å². The summed E-state index contributed by atoms with van der Waals surface area (Å²) in [6.07, 6.45) is 0.0620. The third-order valence-electron chi connectivity index (χ3n) is 2.57. The van der Waals surface area contributed by atoms with E-state index in [4.69, 9.17) is 15.0 Å². The number of hydrogen-bond donors (Lipinski definition) is 2. The van der Waals surface area contributed by atoms with Gasteiger partial charge in [0.05, 0.1) is 11.7 Å². The first-order valence-corrected chi connectivity index (χ1v) is 5.76. The topological polar surface area (TPSA) is 77.5 Å². The largest absolute Gasteiger partial charge is 0.458 e. The van der Waals surface area contributed by atoms with Crippen LogP contribution in [0.1, 0.15) is 30.0 Å². The average Bonchev–Trinajstić information content (AvgIpc) is 2.73. The molecule has 5 heteroatoms. The fourth-order valence-corrected chi connectivity index (χ4v) is 1.76. The molecule has 0 radical (unpaired) electrons. The number of ether oxygens (including phenoxy) is 1. The zero-order valence-electron chi connectivity index (χ0n) is 10.4. The van der Waals surface area contributed by atoms with E-state index in [9.17, 15) is 4.79 Å². The third-order valence-corrected chi connectivity index (χ3v) is 2.57. The molecule has 0 saturated carbocycles. The molecule has 1 heterocycles. The van der Waals surface area contributed by atoms with Gasteiger partial charge in [0.25, 0.3) is 5.91 Å². The van der Waals surface area contributed by atoms with Gasteiger partial charge < -0.3 is 9.15 Å². The van der Waals surface area contributed by atoms with Gasteiger partial charge in [0.15, 0.2) is 0 Å². The van der Waals surface area contributed by atoms with E-state index in [-0.39, 0.29) is 18.6 Å². The monoisotopic (exact) mass is 248 g/mol. The Morgan fingerprint density at radius 1 is 1.44 bits per heavy atom. The molecule has 5 nitrogen and oxygen atoms in total. The van der Waals surface area contributed by atoms with E-state index in [0.29, 0.717) is 16.9 Å². The Kier molecular flexibility index (Phi) is 3.64. The fraction of sp³-hybridized carbons (Fsp3) is 0.308. The molecule has 0 atom stereocenters. The highest BCUT2D eigenvalue weighted by Crippen LogP contribution is 2.26. The molecule has 0 aliphatic carbocycles. The molecular weight excluding hydrogens is 232 g/mol. The van der Waals surface area contributed by atoms with Crippen LogP contribution in [0.3, 0.4) is 0 Å². The Balaban J connectivity index is 2.46. The van der Waals surface area contributed by atoms with Crippen LogP contribution in [-0.2, 0) is 11.3 Å². The summed E-state index contributed by atoms with van der Waals surface area (Å²) in [6.45, 7) is 4.09. The number of nitrogens with one attached hydrogen (secondary N) is 1. The van der Waals surface area contributed by atoms with Crippen molar-refractivity contribution >= 4 is 16.9 Å². The summed E-state index contributed by atoms with van der Waals surface area (Å²) in [4.78, 5) is 11.8. The summed E-state index contributed by atoms with van der Waals surface area (Å²) in [5, 5.41) is 0.739. The minimum absolute atomic E-state index is 0.0620. The fourth-order valence-electron chi connectivity index (χ4n) is 1.76. The van der Waals surface area contributed by atoms with Crippen LogP contribution in [0.4, 0.5) is 0 Å². The molecule has 2 aromatic rings. The summed E-state index contributed by atoms with van der Waals surface area (Å²) < 4.78 is 11.1. The zero-order valence-corrected chi connectivity index (χ0v) is 10.4. The SMILES string of the molecule is CC(C)OCc1oc2ccccc2c1C(=O)NN. The van der Waals surface area contributed by atoms with Crippen molar-refractivity contribution in [3.63, 3.8) is 0 Å². The third kappa shape index (κ3) is 2.37. The lowest BCUT2D eigenvalue weighted by Gasteiger charge is -2.06. The zero-order chi connectivity index (χ0) is 13.1. The van der Waals surface area contributed by atoms with Crippen LogP contribution < -0.4 is 11.3 Å². The molecule has 0 spiro atoms. The van der Waals surface area contributed by atoms with Gasteiger partial charge in [-0.3, -0.25) is 10.2 Å². The minimum atomic E-state index is -0.373. The van der Waals surface area contributed by atoms with E-state index >= 15 is 0 Å². The van der Waals surface area contributed by atoms with Crippen molar-refractivity contribution in [2.24, 2.45) is 5.84 Å². The van der Waals surface area contributed by atoms with Crippen LogP contribution >= 0.6 is 0 Å². The molecule has 18 heavy (non-hydrogen) atoms. The maximum absolute atomic E-state index is 11.8. The first-order valence-electron chi connectivity index (χ1n) is 5.76. The highest BCUT2D eigenvalue weighted by atomic mass is 16.5.